The fourth-order valence-electron chi connectivity index (χ4n) is 4.56. The Morgan fingerprint density at radius 1 is 1.23 bits per heavy atom. The van der Waals surface area contributed by atoms with Gasteiger partial charge in [-0.25, -0.2) is 0 Å². The molecule has 138 valence electrons. The molecule has 2 aliphatic heterocycles. The predicted octanol–water partition coefficient (Wildman–Crippen LogP) is 1.69. The van der Waals surface area contributed by atoms with Crippen LogP contribution >= 0.6 is 0 Å². The first kappa shape index (κ1) is 17.2. The topological polar surface area (TPSA) is 72.5 Å². The largest absolute Gasteiger partial charge is 0.389 e. The zero-order valence-corrected chi connectivity index (χ0v) is 15.0. The number of benzene rings is 1. The van der Waals surface area contributed by atoms with Gasteiger partial charge in [-0.1, -0.05) is 30.3 Å². The highest BCUT2D eigenvalue weighted by atomic mass is 16.3. The average molecular weight is 354 g/mol. The second-order valence-electron chi connectivity index (χ2n) is 7.42. The Morgan fingerprint density at radius 2 is 2.08 bits per heavy atom. The number of carbonyl (C=O) groups is 1. The molecule has 1 spiro atoms. The molecule has 2 N–H and O–H groups in total. The highest BCUT2D eigenvalue weighted by Gasteiger charge is 2.49. The second-order valence-corrected chi connectivity index (χ2v) is 7.42. The molecule has 2 saturated heterocycles. The molecule has 0 aliphatic carbocycles. The number of aliphatic hydroxyl groups excluding tert-OH is 1. The number of H-pyrrole nitrogens is 1. The zero-order chi connectivity index (χ0) is 18.0. The molecule has 2 aromatic rings. The van der Waals surface area contributed by atoms with Crippen LogP contribution in [0.3, 0.4) is 0 Å². The van der Waals surface area contributed by atoms with Gasteiger partial charge in [0.1, 0.15) is 5.69 Å². The Bertz CT molecular complexity index is 734. The van der Waals surface area contributed by atoms with Gasteiger partial charge >= 0.3 is 0 Å². The average Bonchev–Trinajstić information content (AvgIpc) is 3.33. The molecule has 1 aromatic carbocycles. The smallest absolute Gasteiger partial charge is 0.271 e. The molecule has 6 heteroatoms. The van der Waals surface area contributed by atoms with E-state index in [4.69, 9.17) is 0 Å². The van der Waals surface area contributed by atoms with E-state index in [1.807, 2.05) is 6.07 Å². The van der Waals surface area contributed by atoms with Gasteiger partial charge in [-0.2, -0.15) is 5.10 Å². The lowest BCUT2D eigenvalue weighted by Crippen LogP contribution is -2.62. The van der Waals surface area contributed by atoms with Crippen LogP contribution in [0.4, 0.5) is 0 Å². The lowest BCUT2D eigenvalue weighted by atomic mass is 9.82. The highest BCUT2D eigenvalue weighted by molar-refractivity contribution is 5.92. The van der Waals surface area contributed by atoms with Crippen molar-refractivity contribution < 1.29 is 9.90 Å². The number of hydrogen-bond acceptors (Lipinski definition) is 4. The normalized spacial score (nSPS) is 26.5. The van der Waals surface area contributed by atoms with Crippen molar-refractivity contribution in [3.8, 4) is 0 Å². The number of amides is 1. The van der Waals surface area contributed by atoms with Gasteiger partial charge < -0.3 is 10.0 Å². The van der Waals surface area contributed by atoms with Crippen molar-refractivity contribution >= 4 is 5.91 Å². The lowest BCUT2D eigenvalue weighted by Gasteiger charge is -2.48. The first-order valence-electron chi connectivity index (χ1n) is 9.45. The Morgan fingerprint density at radius 3 is 2.81 bits per heavy atom. The van der Waals surface area contributed by atoms with Crippen molar-refractivity contribution in [3.63, 3.8) is 0 Å². The second kappa shape index (κ2) is 7.21. The minimum absolute atomic E-state index is 0.0785. The number of rotatable bonds is 4. The maximum Gasteiger partial charge on any atom is 0.271 e. The van der Waals surface area contributed by atoms with E-state index in [1.54, 1.807) is 17.2 Å². The van der Waals surface area contributed by atoms with Gasteiger partial charge in [0.05, 0.1) is 11.6 Å². The summed E-state index contributed by atoms with van der Waals surface area (Å²) in [5, 5.41) is 17.6. The third-order valence-electron chi connectivity index (χ3n) is 6.03. The quantitative estimate of drug-likeness (QED) is 0.876. The monoisotopic (exact) mass is 354 g/mol. The molecular formula is C20H26N4O2. The molecule has 1 amide bonds. The van der Waals surface area contributed by atoms with Gasteiger partial charge in [0.25, 0.3) is 5.91 Å². The fraction of sp³-hybridized carbons (Fsp3) is 0.500. The van der Waals surface area contributed by atoms with Crippen molar-refractivity contribution in [1.82, 2.24) is 20.0 Å². The molecule has 0 bridgehead atoms. The molecule has 2 fully saturated rings. The third-order valence-corrected chi connectivity index (χ3v) is 6.03. The predicted molar refractivity (Wildman–Crippen MR) is 98.8 cm³/mol. The number of aromatic amines is 1. The summed E-state index contributed by atoms with van der Waals surface area (Å²) in [4.78, 5) is 16.7. The van der Waals surface area contributed by atoms with Crippen molar-refractivity contribution in [2.24, 2.45) is 0 Å². The highest BCUT2D eigenvalue weighted by Crippen LogP contribution is 2.39. The molecule has 0 saturated carbocycles. The maximum atomic E-state index is 12.5. The van der Waals surface area contributed by atoms with Gasteiger partial charge in [-0.15, -0.1) is 0 Å². The number of piperidine rings is 1. The van der Waals surface area contributed by atoms with Gasteiger partial charge in [0.2, 0.25) is 0 Å². The summed E-state index contributed by atoms with van der Waals surface area (Å²) in [6.07, 6.45) is 5.00. The van der Waals surface area contributed by atoms with Crippen LogP contribution in [-0.2, 0) is 6.42 Å². The summed E-state index contributed by atoms with van der Waals surface area (Å²) in [5.74, 6) is -0.0785. The molecule has 1 aromatic heterocycles. The molecule has 2 aliphatic rings. The standard InChI is InChI=1S/C20H26N4O2/c25-18-15-23(19(26)17-7-11-21-22-17)14-10-20(18)9-4-12-24(20)13-8-16-5-2-1-3-6-16/h1-3,5-7,11,18,25H,4,8-10,12-15H2,(H,21,22)/t18-,20-/m0/s1. The molecule has 0 unspecified atom stereocenters. The van der Waals surface area contributed by atoms with Gasteiger partial charge in [-0.05, 0) is 43.9 Å². The minimum Gasteiger partial charge on any atom is -0.389 e. The Labute approximate surface area is 153 Å². The van der Waals surface area contributed by atoms with Crippen LogP contribution in [0.15, 0.2) is 42.6 Å². The van der Waals surface area contributed by atoms with E-state index in [9.17, 15) is 9.90 Å². The number of hydrogen-bond donors (Lipinski definition) is 2. The van der Waals surface area contributed by atoms with Crippen molar-refractivity contribution in [2.75, 3.05) is 26.2 Å². The number of carbonyl (C=O) groups excluding carboxylic acids is 1. The first-order chi connectivity index (χ1) is 12.7. The van der Waals surface area contributed by atoms with Crippen molar-refractivity contribution in [2.45, 2.75) is 37.3 Å². The molecule has 0 radical (unpaired) electrons. The molecule has 4 rings (SSSR count). The van der Waals surface area contributed by atoms with E-state index in [0.29, 0.717) is 18.8 Å². The van der Waals surface area contributed by atoms with E-state index in [1.165, 1.54) is 5.56 Å². The zero-order valence-electron chi connectivity index (χ0n) is 15.0. The summed E-state index contributed by atoms with van der Waals surface area (Å²) in [6, 6.07) is 12.2. The van der Waals surface area contributed by atoms with E-state index < -0.39 is 6.10 Å². The number of likely N-dealkylation sites (tertiary alicyclic amines) is 2. The van der Waals surface area contributed by atoms with Crippen molar-refractivity contribution in [3.05, 3.63) is 53.9 Å². The minimum atomic E-state index is -0.513. The van der Waals surface area contributed by atoms with Crippen molar-refractivity contribution in [1.29, 1.82) is 0 Å². The molecule has 2 atom stereocenters. The molecule has 26 heavy (non-hydrogen) atoms. The van der Waals surface area contributed by atoms with E-state index in [-0.39, 0.29) is 11.4 Å². The lowest BCUT2D eigenvalue weighted by molar-refractivity contribution is -0.0562. The van der Waals surface area contributed by atoms with Crippen LogP contribution in [0.5, 0.6) is 0 Å². The third kappa shape index (κ3) is 3.15. The van der Waals surface area contributed by atoms with Crippen LogP contribution in [0, 0.1) is 0 Å². The van der Waals surface area contributed by atoms with Crippen LogP contribution in [0.2, 0.25) is 0 Å². The molecule has 3 heterocycles. The maximum absolute atomic E-state index is 12.5. The summed E-state index contributed by atoms with van der Waals surface area (Å²) in [7, 11) is 0. The summed E-state index contributed by atoms with van der Waals surface area (Å²) >= 11 is 0. The van der Waals surface area contributed by atoms with Gasteiger partial charge in [-0.3, -0.25) is 14.8 Å². The van der Waals surface area contributed by atoms with Crippen LogP contribution < -0.4 is 0 Å². The first-order valence-corrected chi connectivity index (χ1v) is 9.45. The van der Waals surface area contributed by atoms with Crippen LogP contribution in [0.1, 0.15) is 35.3 Å². The fourth-order valence-corrected chi connectivity index (χ4v) is 4.56. The van der Waals surface area contributed by atoms with Crippen LogP contribution in [0.25, 0.3) is 0 Å². The summed E-state index contributed by atoms with van der Waals surface area (Å²) in [6.45, 7) is 3.05. The van der Waals surface area contributed by atoms with E-state index in [2.05, 4.69) is 39.4 Å². The SMILES string of the molecule is O=C(c1ccn[nH]1)N1CC[C@@]2(CCCN2CCc2ccccc2)[C@@H](O)C1. The summed E-state index contributed by atoms with van der Waals surface area (Å²) in [5.41, 5.74) is 1.64. The Kier molecular flexibility index (Phi) is 4.78. The molecular weight excluding hydrogens is 328 g/mol. The van der Waals surface area contributed by atoms with E-state index >= 15 is 0 Å². The summed E-state index contributed by atoms with van der Waals surface area (Å²) < 4.78 is 0. The Balaban J connectivity index is 1.42. The number of nitrogens with one attached hydrogen (secondary N) is 1. The number of nitrogens with zero attached hydrogens (tertiary/aromatic N) is 3. The number of aliphatic hydroxyl groups is 1. The van der Waals surface area contributed by atoms with E-state index in [0.717, 1.165) is 38.8 Å². The Hall–Kier alpha value is -2.18. The van der Waals surface area contributed by atoms with Crippen LogP contribution in [-0.4, -0.2) is 68.8 Å². The van der Waals surface area contributed by atoms with Gasteiger partial charge in [0.15, 0.2) is 0 Å². The van der Waals surface area contributed by atoms with Gasteiger partial charge in [0, 0.05) is 25.8 Å². The number of aromatic nitrogens is 2. The molecule has 6 nitrogen and oxygen atoms in total. The number of β-amino-alcohol motifs (C(OH)–C–C–N with tert-alkyl or cyclic N) is 1.